The van der Waals surface area contributed by atoms with Gasteiger partial charge in [-0.2, -0.15) is 0 Å². The van der Waals surface area contributed by atoms with E-state index < -0.39 is 16.9 Å². The minimum absolute atomic E-state index is 0.0257. The van der Waals surface area contributed by atoms with Crippen molar-refractivity contribution in [2.45, 2.75) is 58.4 Å². The Morgan fingerprint density at radius 3 is 2.47 bits per heavy atom. The van der Waals surface area contributed by atoms with Crippen LogP contribution in [0.5, 0.6) is 0 Å². The molecule has 0 amide bonds. The van der Waals surface area contributed by atoms with Crippen LogP contribution in [0.15, 0.2) is 40.4 Å². The Morgan fingerprint density at radius 2 is 1.87 bits per heavy atom. The molecule has 0 aromatic heterocycles. The third kappa shape index (κ3) is 5.31. The Labute approximate surface area is 175 Å². The van der Waals surface area contributed by atoms with Gasteiger partial charge in [-0.3, -0.25) is 14.9 Å². The van der Waals surface area contributed by atoms with E-state index in [9.17, 15) is 19.7 Å². The lowest BCUT2D eigenvalue weighted by atomic mass is 9.87. The number of carbonyl (C=O) groups is 2. The molecule has 30 heavy (non-hydrogen) atoms. The standard InChI is InChI=1S/C22H26N2O6/c1-3-29-20(25)13-18-19(12-15-6-10-17(11-7-15)24(27)28)22(26)30-21(18)23-16-8-4-14(2)5-9-16/h6-7,10-11,14,16H,3-5,8-9,12-13H2,1-2H3. The first kappa shape index (κ1) is 21.7. The quantitative estimate of drug-likeness (QED) is 0.380. The van der Waals surface area contributed by atoms with Crippen LogP contribution in [-0.4, -0.2) is 35.4 Å². The van der Waals surface area contributed by atoms with Crippen molar-refractivity contribution in [3.63, 3.8) is 0 Å². The minimum atomic E-state index is -0.532. The molecule has 8 heteroatoms. The fourth-order valence-corrected chi connectivity index (χ4v) is 3.76. The summed E-state index contributed by atoms with van der Waals surface area (Å²) in [5.74, 6) is -0.100. The number of hydrogen-bond acceptors (Lipinski definition) is 7. The number of nitrogens with zero attached hydrogens (tertiary/aromatic N) is 2. The molecule has 160 valence electrons. The smallest absolute Gasteiger partial charge is 0.341 e. The van der Waals surface area contributed by atoms with Crippen molar-refractivity contribution in [3.8, 4) is 0 Å². The van der Waals surface area contributed by atoms with Gasteiger partial charge >= 0.3 is 11.9 Å². The third-order valence-electron chi connectivity index (χ3n) is 5.50. The van der Waals surface area contributed by atoms with Gasteiger partial charge in [0.25, 0.3) is 5.69 Å². The van der Waals surface area contributed by atoms with Gasteiger partial charge in [-0.1, -0.05) is 19.1 Å². The number of benzene rings is 1. The summed E-state index contributed by atoms with van der Waals surface area (Å²) in [7, 11) is 0. The monoisotopic (exact) mass is 414 g/mol. The normalized spacial score (nSPS) is 22.9. The van der Waals surface area contributed by atoms with E-state index in [1.807, 2.05) is 0 Å². The SMILES string of the molecule is CCOC(=O)CC1=C(Cc2ccc([N+](=O)[O-])cc2)C(=O)OC1=NC1CCC(C)CC1. The number of nitro groups is 1. The molecule has 0 N–H and O–H groups in total. The summed E-state index contributed by atoms with van der Waals surface area (Å²) >= 11 is 0. The van der Waals surface area contributed by atoms with Gasteiger partial charge in [-0.25, -0.2) is 9.79 Å². The highest BCUT2D eigenvalue weighted by molar-refractivity contribution is 6.16. The van der Waals surface area contributed by atoms with Gasteiger partial charge in [0.2, 0.25) is 5.90 Å². The predicted octanol–water partition coefficient (Wildman–Crippen LogP) is 3.92. The Kier molecular flexibility index (Phi) is 6.97. The van der Waals surface area contributed by atoms with E-state index in [1.54, 1.807) is 19.1 Å². The van der Waals surface area contributed by atoms with E-state index in [-0.39, 0.29) is 37.1 Å². The Hall–Kier alpha value is -3.03. The van der Waals surface area contributed by atoms with Gasteiger partial charge in [-0.05, 0) is 44.1 Å². The number of rotatable bonds is 7. The number of carbonyl (C=O) groups excluding carboxylic acids is 2. The van der Waals surface area contributed by atoms with Crippen LogP contribution in [-0.2, 0) is 25.5 Å². The molecule has 1 heterocycles. The van der Waals surface area contributed by atoms with E-state index >= 15 is 0 Å². The van der Waals surface area contributed by atoms with E-state index in [0.717, 1.165) is 25.7 Å². The first-order chi connectivity index (χ1) is 14.4. The van der Waals surface area contributed by atoms with E-state index in [0.29, 0.717) is 22.6 Å². The molecular weight excluding hydrogens is 388 g/mol. The van der Waals surface area contributed by atoms with Crippen LogP contribution in [0.25, 0.3) is 0 Å². The van der Waals surface area contributed by atoms with Crippen molar-refractivity contribution >= 4 is 23.5 Å². The zero-order valence-corrected chi connectivity index (χ0v) is 17.3. The molecule has 2 aliphatic rings. The van der Waals surface area contributed by atoms with Crippen molar-refractivity contribution in [3.05, 3.63) is 51.1 Å². The second kappa shape index (κ2) is 9.65. The fraction of sp³-hybridized carbons (Fsp3) is 0.500. The second-order valence-electron chi connectivity index (χ2n) is 7.78. The van der Waals surface area contributed by atoms with Crippen LogP contribution in [0.4, 0.5) is 5.69 Å². The zero-order chi connectivity index (χ0) is 21.7. The lowest BCUT2D eigenvalue weighted by molar-refractivity contribution is -0.384. The molecule has 1 aromatic carbocycles. The second-order valence-corrected chi connectivity index (χ2v) is 7.78. The maximum atomic E-state index is 12.6. The molecule has 1 aliphatic carbocycles. The molecule has 1 saturated carbocycles. The molecule has 0 radical (unpaired) electrons. The first-order valence-electron chi connectivity index (χ1n) is 10.3. The highest BCUT2D eigenvalue weighted by Gasteiger charge is 2.34. The van der Waals surface area contributed by atoms with E-state index in [1.165, 1.54) is 12.1 Å². The summed E-state index contributed by atoms with van der Waals surface area (Å²) in [4.78, 5) is 39.8. The number of non-ortho nitro benzene ring substituents is 1. The minimum Gasteiger partial charge on any atom is -0.466 e. The summed E-state index contributed by atoms with van der Waals surface area (Å²) < 4.78 is 10.5. The van der Waals surface area contributed by atoms with Crippen LogP contribution < -0.4 is 0 Å². The molecule has 3 rings (SSSR count). The number of nitro benzene ring substituents is 1. The molecule has 0 unspecified atom stereocenters. The van der Waals surface area contributed by atoms with Crippen LogP contribution >= 0.6 is 0 Å². The van der Waals surface area contributed by atoms with Crippen molar-refractivity contribution < 1.29 is 24.0 Å². The van der Waals surface area contributed by atoms with Gasteiger partial charge < -0.3 is 9.47 Å². The van der Waals surface area contributed by atoms with Crippen LogP contribution in [0, 0.1) is 16.0 Å². The summed E-state index contributed by atoms with van der Waals surface area (Å²) in [6, 6.07) is 6.04. The van der Waals surface area contributed by atoms with Crippen LogP contribution in [0.2, 0.25) is 0 Å². The first-order valence-corrected chi connectivity index (χ1v) is 10.3. The third-order valence-corrected chi connectivity index (χ3v) is 5.50. The Balaban J connectivity index is 1.88. The summed E-state index contributed by atoms with van der Waals surface area (Å²) in [6.07, 6.45) is 4.10. The average Bonchev–Trinajstić information content (AvgIpc) is 2.99. The lowest BCUT2D eigenvalue weighted by Gasteiger charge is -2.23. The van der Waals surface area contributed by atoms with Crippen LogP contribution in [0.3, 0.4) is 0 Å². The molecule has 0 saturated heterocycles. The van der Waals surface area contributed by atoms with Gasteiger partial charge in [0, 0.05) is 24.1 Å². The maximum absolute atomic E-state index is 12.6. The number of cyclic esters (lactones) is 1. The van der Waals surface area contributed by atoms with Crippen molar-refractivity contribution in [2.24, 2.45) is 10.9 Å². The fourth-order valence-electron chi connectivity index (χ4n) is 3.76. The highest BCUT2D eigenvalue weighted by Crippen LogP contribution is 2.30. The van der Waals surface area contributed by atoms with Gasteiger partial charge in [0.1, 0.15) is 0 Å². The molecule has 0 atom stereocenters. The number of esters is 2. The van der Waals surface area contributed by atoms with Crippen molar-refractivity contribution in [2.75, 3.05) is 6.61 Å². The zero-order valence-electron chi connectivity index (χ0n) is 17.3. The number of aliphatic imine (C=N–C) groups is 1. The summed E-state index contributed by atoms with van der Waals surface area (Å²) in [5.41, 5.74) is 1.49. The molecule has 0 bridgehead atoms. The molecule has 0 spiro atoms. The number of hydrogen-bond donors (Lipinski definition) is 0. The predicted molar refractivity (Wildman–Crippen MR) is 110 cm³/mol. The van der Waals surface area contributed by atoms with Crippen molar-refractivity contribution in [1.82, 2.24) is 0 Å². The average molecular weight is 414 g/mol. The maximum Gasteiger partial charge on any atom is 0.341 e. The van der Waals surface area contributed by atoms with Crippen molar-refractivity contribution in [1.29, 1.82) is 0 Å². The van der Waals surface area contributed by atoms with E-state index in [4.69, 9.17) is 9.47 Å². The van der Waals surface area contributed by atoms with Crippen LogP contribution in [0.1, 0.15) is 51.5 Å². The van der Waals surface area contributed by atoms with Gasteiger partial charge in [0.05, 0.1) is 29.6 Å². The Bertz CT molecular complexity index is 879. The highest BCUT2D eigenvalue weighted by atomic mass is 16.6. The molecule has 1 aromatic rings. The molecule has 1 fully saturated rings. The Morgan fingerprint density at radius 1 is 1.20 bits per heavy atom. The summed E-state index contributed by atoms with van der Waals surface area (Å²) in [6.45, 7) is 4.18. The lowest BCUT2D eigenvalue weighted by Crippen LogP contribution is -2.19. The number of ether oxygens (including phenoxy) is 2. The molecular formula is C22H26N2O6. The topological polar surface area (TPSA) is 108 Å². The van der Waals surface area contributed by atoms with Gasteiger partial charge in [-0.15, -0.1) is 0 Å². The largest absolute Gasteiger partial charge is 0.466 e. The molecule has 8 nitrogen and oxygen atoms in total. The summed E-state index contributed by atoms with van der Waals surface area (Å²) in [5, 5.41) is 10.9. The van der Waals surface area contributed by atoms with E-state index in [2.05, 4.69) is 11.9 Å². The van der Waals surface area contributed by atoms with Gasteiger partial charge in [0.15, 0.2) is 0 Å². The molecule has 1 aliphatic heterocycles.